The largest absolute Gasteiger partial charge is 0.326 e. The van der Waals surface area contributed by atoms with Crippen LogP contribution in [0.15, 0.2) is 24.3 Å². The second-order valence-corrected chi connectivity index (χ2v) is 6.12. The normalized spacial score (nSPS) is 20.5. The summed E-state index contributed by atoms with van der Waals surface area (Å²) in [7, 11) is 2.26. The van der Waals surface area contributed by atoms with E-state index in [4.69, 9.17) is 5.73 Å². The van der Waals surface area contributed by atoms with E-state index in [0.29, 0.717) is 12.1 Å². The predicted octanol–water partition coefficient (Wildman–Crippen LogP) is 3.65. The summed E-state index contributed by atoms with van der Waals surface area (Å²) in [4.78, 5) is 2.53. The van der Waals surface area contributed by atoms with Gasteiger partial charge in [0.15, 0.2) is 0 Å². The molecule has 0 aromatic heterocycles. The van der Waals surface area contributed by atoms with E-state index in [1.54, 1.807) is 0 Å². The molecule has 1 aromatic rings. The summed E-state index contributed by atoms with van der Waals surface area (Å²) in [5, 5.41) is 0. The lowest BCUT2D eigenvalue weighted by molar-refractivity contribution is 0.123. The minimum absolute atomic E-state index is 0.160. The van der Waals surface area contributed by atoms with Crippen molar-refractivity contribution in [3.8, 4) is 0 Å². The maximum Gasteiger partial charge on any atom is 0.0498 e. The third-order valence-corrected chi connectivity index (χ3v) is 4.59. The van der Waals surface area contributed by atoms with Gasteiger partial charge in [-0.3, -0.25) is 4.90 Å². The zero-order valence-electron chi connectivity index (χ0n) is 12.6. The van der Waals surface area contributed by atoms with E-state index in [1.807, 2.05) is 0 Å². The minimum atomic E-state index is 0.160. The van der Waals surface area contributed by atoms with E-state index in [9.17, 15) is 0 Å². The molecule has 2 rings (SSSR count). The van der Waals surface area contributed by atoms with Gasteiger partial charge in [0.1, 0.15) is 0 Å². The van der Waals surface area contributed by atoms with E-state index in [0.717, 1.165) is 0 Å². The fraction of sp³-hybridized carbons (Fsp3) is 0.647. The molecule has 0 spiro atoms. The van der Waals surface area contributed by atoms with Crippen molar-refractivity contribution >= 4 is 0 Å². The molecule has 2 atom stereocenters. The quantitative estimate of drug-likeness (QED) is 0.895. The highest BCUT2D eigenvalue weighted by Crippen LogP contribution is 2.31. The Hall–Kier alpha value is -0.860. The van der Waals surface area contributed by atoms with Crippen LogP contribution in [0.25, 0.3) is 0 Å². The highest BCUT2D eigenvalue weighted by molar-refractivity contribution is 5.30. The van der Waals surface area contributed by atoms with Crippen LogP contribution in [0.5, 0.6) is 0 Å². The smallest absolute Gasteiger partial charge is 0.0498 e. The van der Waals surface area contributed by atoms with Crippen molar-refractivity contribution in [2.75, 3.05) is 7.05 Å². The Labute approximate surface area is 118 Å². The average Bonchev–Trinajstić information content (AvgIpc) is 2.42. The van der Waals surface area contributed by atoms with Crippen molar-refractivity contribution in [1.29, 1.82) is 0 Å². The van der Waals surface area contributed by atoms with Crippen LogP contribution in [-0.4, -0.2) is 24.0 Å². The molecular weight excluding hydrogens is 232 g/mol. The summed E-state index contributed by atoms with van der Waals surface area (Å²) in [5.41, 5.74) is 9.05. The van der Waals surface area contributed by atoms with Gasteiger partial charge in [0.2, 0.25) is 0 Å². The van der Waals surface area contributed by atoms with Crippen LogP contribution in [0.2, 0.25) is 0 Å². The Kier molecular flexibility index (Phi) is 5.00. The van der Waals surface area contributed by atoms with Crippen molar-refractivity contribution in [1.82, 2.24) is 4.90 Å². The number of likely N-dealkylation sites (N-methyl/N-ethyl adjacent to an activating group) is 1. The van der Waals surface area contributed by atoms with E-state index in [2.05, 4.69) is 50.1 Å². The maximum absolute atomic E-state index is 6.30. The summed E-state index contributed by atoms with van der Waals surface area (Å²) in [6.45, 7) is 4.33. The van der Waals surface area contributed by atoms with Crippen molar-refractivity contribution in [2.24, 2.45) is 5.73 Å². The molecule has 1 fully saturated rings. The number of hydrogen-bond acceptors (Lipinski definition) is 2. The minimum Gasteiger partial charge on any atom is -0.326 e. The Bertz CT molecular complexity index is 394. The number of nitrogens with zero attached hydrogens (tertiary/aromatic N) is 1. The summed E-state index contributed by atoms with van der Waals surface area (Å²) >= 11 is 0. The van der Waals surface area contributed by atoms with Crippen molar-refractivity contribution in [3.05, 3.63) is 35.4 Å². The van der Waals surface area contributed by atoms with Gasteiger partial charge in [-0.05, 0) is 44.9 Å². The van der Waals surface area contributed by atoms with Crippen molar-refractivity contribution < 1.29 is 0 Å². The molecule has 1 aliphatic carbocycles. The van der Waals surface area contributed by atoms with Crippen LogP contribution >= 0.6 is 0 Å². The van der Waals surface area contributed by atoms with Gasteiger partial charge >= 0.3 is 0 Å². The molecule has 0 saturated heterocycles. The average molecular weight is 260 g/mol. The van der Waals surface area contributed by atoms with E-state index >= 15 is 0 Å². The van der Waals surface area contributed by atoms with E-state index < -0.39 is 0 Å². The Morgan fingerprint density at radius 2 is 1.79 bits per heavy atom. The first-order chi connectivity index (χ1) is 9.11. The van der Waals surface area contributed by atoms with Gasteiger partial charge in [0.25, 0.3) is 0 Å². The molecular formula is C17H28N2. The maximum atomic E-state index is 6.30. The Morgan fingerprint density at radius 1 is 1.16 bits per heavy atom. The molecule has 1 saturated carbocycles. The van der Waals surface area contributed by atoms with Crippen molar-refractivity contribution in [2.45, 2.75) is 64.1 Å². The zero-order chi connectivity index (χ0) is 13.8. The molecule has 0 amide bonds. The SMILES string of the molecule is Cc1ccccc1C(C(C)N)N(C)C1CCCCC1. The predicted molar refractivity (Wildman–Crippen MR) is 82.2 cm³/mol. The van der Waals surface area contributed by atoms with E-state index in [1.165, 1.54) is 43.2 Å². The zero-order valence-corrected chi connectivity index (χ0v) is 12.6. The van der Waals surface area contributed by atoms with E-state index in [-0.39, 0.29) is 6.04 Å². The van der Waals surface area contributed by atoms with Gasteiger partial charge < -0.3 is 5.73 Å². The molecule has 0 heterocycles. The third kappa shape index (κ3) is 3.37. The molecule has 2 unspecified atom stereocenters. The van der Waals surface area contributed by atoms with Crippen LogP contribution in [0, 0.1) is 6.92 Å². The molecule has 2 heteroatoms. The first-order valence-corrected chi connectivity index (χ1v) is 7.64. The first-order valence-electron chi connectivity index (χ1n) is 7.64. The molecule has 0 bridgehead atoms. The summed E-state index contributed by atoms with van der Waals surface area (Å²) in [6.07, 6.45) is 6.79. The fourth-order valence-corrected chi connectivity index (χ4v) is 3.51. The number of hydrogen-bond donors (Lipinski definition) is 1. The lowest BCUT2D eigenvalue weighted by atomic mass is 9.89. The lowest BCUT2D eigenvalue weighted by Crippen LogP contribution is -2.43. The first kappa shape index (κ1) is 14.5. The Morgan fingerprint density at radius 3 is 2.37 bits per heavy atom. The van der Waals surface area contributed by atoms with Crippen LogP contribution in [0.1, 0.15) is 56.2 Å². The highest BCUT2D eigenvalue weighted by atomic mass is 15.2. The molecule has 1 aliphatic rings. The molecule has 2 nitrogen and oxygen atoms in total. The number of rotatable bonds is 4. The van der Waals surface area contributed by atoms with Crippen LogP contribution in [0.3, 0.4) is 0 Å². The van der Waals surface area contributed by atoms with Crippen LogP contribution in [-0.2, 0) is 0 Å². The van der Waals surface area contributed by atoms with Gasteiger partial charge in [-0.2, -0.15) is 0 Å². The lowest BCUT2D eigenvalue weighted by Gasteiger charge is -2.39. The van der Waals surface area contributed by atoms with Gasteiger partial charge in [0.05, 0.1) is 0 Å². The standard InChI is InChI=1S/C17H28N2/c1-13-9-7-8-12-16(13)17(14(2)18)19(3)15-10-5-4-6-11-15/h7-9,12,14-15,17H,4-6,10-11,18H2,1-3H3. The molecule has 19 heavy (non-hydrogen) atoms. The number of aryl methyl sites for hydroxylation is 1. The highest BCUT2D eigenvalue weighted by Gasteiger charge is 2.28. The molecule has 1 aromatic carbocycles. The molecule has 2 N–H and O–H groups in total. The van der Waals surface area contributed by atoms with Gasteiger partial charge in [-0.25, -0.2) is 0 Å². The number of benzene rings is 1. The Balaban J connectivity index is 2.22. The molecule has 106 valence electrons. The van der Waals surface area contributed by atoms with Crippen LogP contribution < -0.4 is 5.73 Å². The van der Waals surface area contributed by atoms with Gasteiger partial charge in [-0.1, -0.05) is 43.5 Å². The second kappa shape index (κ2) is 6.53. The second-order valence-electron chi connectivity index (χ2n) is 6.12. The van der Waals surface area contributed by atoms with Gasteiger partial charge in [0, 0.05) is 18.1 Å². The topological polar surface area (TPSA) is 29.3 Å². The fourth-order valence-electron chi connectivity index (χ4n) is 3.51. The number of nitrogens with two attached hydrogens (primary N) is 1. The molecule has 0 aliphatic heterocycles. The summed E-state index contributed by atoms with van der Waals surface area (Å²) in [6, 6.07) is 9.87. The van der Waals surface area contributed by atoms with Gasteiger partial charge in [-0.15, -0.1) is 0 Å². The summed E-state index contributed by atoms with van der Waals surface area (Å²) < 4.78 is 0. The molecule has 0 radical (unpaired) electrons. The monoisotopic (exact) mass is 260 g/mol. The third-order valence-electron chi connectivity index (χ3n) is 4.59. The summed E-state index contributed by atoms with van der Waals surface area (Å²) in [5.74, 6) is 0. The van der Waals surface area contributed by atoms with Crippen LogP contribution in [0.4, 0.5) is 0 Å². The van der Waals surface area contributed by atoms with Crippen molar-refractivity contribution in [3.63, 3.8) is 0 Å².